The van der Waals surface area contributed by atoms with Crippen molar-refractivity contribution in [3.63, 3.8) is 0 Å². The Hall–Kier alpha value is -2.22. The average molecular weight is 308 g/mol. The van der Waals surface area contributed by atoms with Gasteiger partial charge in [0, 0.05) is 5.69 Å². The first-order chi connectivity index (χ1) is 9.85. The Morgan fingerprint density at radius 3 is 2.57 bits per heavy atom. The summed E-state index contributed by atoms with van der Waals surface area (Å²) in [5.41, 5.74) is 0.839. The molecule has 21 heavy (non-hydrogen) atoms. The molecule has 1 fully saturated rings. The largest absolute Gasteiger partial charge is 0.326 e. The number of rotatable bonds is 2. The summed E-state index contributed by atoms with van der Waals surface area (Å²) in [6, 6.07) is 4.38. The second kappa shape index (κ2) is 4.66. The van der Waals surface area contributed by atoms with Crippen LogP contribution in [0.4, 0.5) is 5.69 Å². The Kier molecular flexibility index (Phi) is 3.05. The van der Waals surface area contributed by atoms with Gasteiger partial charge in [0.2, 0.25) is 5.91 Å². The van der Waals surface area contributed by atoms with Crippen LogP contribution >= 0.6 is 0 Å². The fourth-order valence-electron chi connectivity index (χ4n) is 2.49. The van der Waals surface area contributed by atoms with E-state index in [9.17, 15) is 22.8 Å². The van der Waals surface area contributed by atoms with E-state index in [-0.39, 0.29) is 28.5 Å². The second-order valence-electron chi connectivity index (χ2n) is 5.13. The number of nitrogens with one attached hydrogen (secondary N) is 2. The van der Waals surface area contributed by atoms with Crippen molar-refractivity contribution in [3.8, 4) is 0 Å². The van der Waals surface area contributed by atoms with Crippen molar-refractivity contribution >= 4 is 33.2 Å². The van der Waals surface area contributed by atoms with Crippen molar-refractivity contribution in [2.45, 2.75) is 6.42 Å². The standard InChI is InChI=1S/C13H12N2O5S/c16-11(7-3-4-21(19,20)6-7)14-8-1-2-9-10(5-8)13(18)15-12(9)17/h1-2,5,7H,3-4,6H2,(H,14,16)(H,15,17,18)/t7-/m0/s1. The molecule has 1 atom stereocenters. The first kappa shape index (κ1) is 13.7. The summed E-state index contributed by atoms with van der Waals surface area (Å²) in [5.74, 6) is -2.06. The van der Waals surface area contributed by atoms with E-state index in [1.807, 2.05) is 0 Å². The molecule has 2 heterocycles. The molecule has 0 radical (unpaired) electrons. The van der Waals surface area contributed by atoms with Gasteiger partial charge in [-0.15, -0.1) is 0 Å². The van der Waals surface area contributed by atoms with Crippen LogP contribution in [0.15, 0.2) is 18.2 Å². The Bertz CT molecular complexity index is 769. The van der Waals surface area contributed by atoms with Crippen molar-refractivity contribution < 1.29 is 22.8 Å². The van der Waals surface area contributed by atoms with Crippen LogP contribution in [0.3, 0.4) is 0 Å². The molecule has 0 aliphatic carbocycles. The van der Waals surface area contributed by atoms with Crippen LogP contribution in [0.5, 0.6) is 0 Å². The zero-order valence-corrected chi connectivity index (χ0v) is 11.7. The number of fused-ring (bicyclic) bond motifs is 1. The SMILES string of the molecule is O=C1NC(=O)c2cc(NC(=O)[C@H]3CCS(=O)(=O)C3)ccc21. The first-order valence-corrected chi connectivity index (χ1v) is 8.19. The van der Waals surface area contributed by atoms with Gasteiger partial charge in [0.1, 0.15) is 0 Å². The third-order valence-corrected chi connectivity index (χ3v) is 5.37. The number of carbonyl (C=O) groups excluding carboxylic acids is 3. The molecule has 0 saturated carbocycles. The molecule has 1 aromatic carbocycles. The van der Waals surface area contributed by atoms with Gasteiger partial charge in [-0.1, -0.05) is 0 Å². The van der Waals surface area contributed by atoms with E-state index in [0.29, 0.717) is 12.1 Å². The molecule has 3 rings (SSSR count). The molecular formula is C13H12N2O5S. The number of sulfone groups is 1. The van der Waals surface area contributed by atoms with E-state index < -0.39 is 27.6 Å². The van der Waals surface area contributed by atoms with E-state index in [1.165, 1.54) is 18.2 Å². The molecule has 3 amide bonds. The molecule has 2 N–H and O–H groups in total. The Morgan fingerprint density at radius 2 is 1.90 bits per heavy atom. The van der Waals surface area contributed by atoms with Gasteiger partial charge in [-0.05, 0) is 24.6 Å². The zero-order chi connectivity index (χ0) is 15.2. The Balaban J connectivity index is 1.78. The predicted octanol–water partition coefficient (Wildman–Crippen LogP) is -0.0566. The third kappa shape index (κ3) is 2.54. The molecule has 0 bridgehead atoms. The molecule has 2 aliphatic rings. The minimum Gasteiger partial charge on any atom is -0.326 e. The van der Waals surface area contributed by atoms with E-state index in [4.69, 9.17) is 0 Å². The van der Waals surface area contributed by atoms with Gasteiger partial charge in [0.05, 0.1) is 28.6 Å². The van der Waals surface area contributed by atoms with Crippen molar-refractivity contribution in [2.24, 2.45) is 5.92 Å². The van der Waals surface area contributed by atoms with Gasteiger partial charge in [0.15, 0.2) is 9.84 Å². The maximum Gasteiger partial charge on any atom is 0.259 e. The van der Waals surface area contributed by atoms with Crippen molar-refractivity contribution in [3.05, 3.63) is 29.3 Å². The molecule has 8 heteroatoms. The molecular weight excluding hydrogens is 296 g/mol. The summed E-state index contributed by atoms with van der Waals surface area (Å²) in [6.45, 7) is 0. The van der Waals surface area contributed by atoms with E-state index in [1.54, 1.807) is 0 Å². The summed E-state index contributed by atoms with van der Waals surface area (Å²) >= 11 is 0. The molecule has 0 aromatic heterocycles. The highest BCUT2D eigenvalue weighted by atomic mass is 32.2. The van der Waals surface area contributed by atoms with Crippen LogP contribution in [-0.4, -0.2) is 37.6 Å². The normalized spacial score (nSPS) is 22.8. The fourth-order valence-corrected chi connectivity index (χ4v) is 4.23. The maximum atomic E-state index is 12.0. The van der Waals surface area contributed by atoms with Crippen molar-refractivity contribution in [1.82, 2.24) is 5.32 Å². The van der Waals surface area contributed by atoms with Crippen molar-refractivity contribution in [1.29, 1.82) is 0 Å². The zero-order valence-electron chi connectivity index (χ0n) is 10.9. The van der Waals surface area contributed by atoms with Gasteiger partial charge in [-0.2, -0.15) is 0 Å². The third-order valence-electron chi connectivity index (χ3n) is 3.61. The molecule has 1 aromatic rings. The van der Waals surface area contributed by atoms with Crippen LogP contribution in [0.25, 0.3) is 0 Å². The smallest absolute Gasteiger partial charge is 0.259 e. The van der Waals surface area contributed by atoms with Crippen LogP contribution < -0.4 is 10.6 Å². The van der Waals surface area contributed by atoms with Gasteiger partial charge in [0.25, 0.3) is 11.8 Å². The number of hydrogen-bond acceptors (Lipinski definition) is 5. The lowest BCUT2D eigenvalue weighted by molar-refractivity contribution is -0.119. The first-order valence-electron chi connectivity index (χ1n) is 6.37. The van der Waals surface area contributed by atoms with Crippen molar-refractivity contribution in [2.75, 3.05) is 16.8 Å². The topological polar surface area (TPSA) is 109 Å². The van der Waals surface area contributed by atoms with Gasteiger partial charge >= 0.3 is 0 Å². The van der Waals surface area contributed by atoms with Crippen LogP contribution in [0.1, 0.15) is 27.1 Å². The van der Waals surface area contributed by atoms with Crippen LogP contribution in [0.2, 0.25) is 0 Å². The fraction of sp³-hybridized carbons (Fsp3) is 0.308. The number of imide groups is 1. The number of benzene rings is 1. The highest BCUT2D eigenvalue weighted by Gasteiger charge is 2.33. The lowest BCUT2D eigenvalue weighted by Gasteiger charge is -2.10. The molecule has 0 spiro atoms. The molecule has 2 aliphatic heterocycles. The molecule has 7 nitrogen and oxygen atoms in total. The lowest BCUT2D eigenvalue weighted by atomic mass is 10.1. The van der Waals surface area contributed by atoms with E-state index in [0.717, 1.165) is 0 Å². The molecule has 110 valence electrons. The monoisotopic (exact) mass is 308 g/mol. The Labute approximate surface area is 120 Å². The molecule has 1 saturated heterocycles. The average Bonchev–Trinajstić information content (AvgIpc) is 2.91. The number of anilines is 1. The van der Waals surface area contributed by atoms with Gasteiger partial charge in [-0.25, -0.2) is 8.42 Å². The van der Waals surface area contributed by atoms with Gasteiger partial charge < -0.3 is 5.32 Å². The summed E-state index contributed by atoms with van der Waals surface area (Å²) in [7, 11) is -3.13. The predicted molar refractivity (Wildman–Crippen MR) is 73.6 cm³/mol. The minimum absolute atomic E-state index is 0.0200. The maximum absolute atomic E-state index is 12.0. The highest BCUT2D eigenvalue weighted by molar-refractivity contribution is 7.91. The summed E-state index contributed by atoms with van der Waals surface area (Å²) < 4.78 is 22.7. The van der Waals surface area contributed by atoms with Crippen LogP contribution in [0, 0.1) is 5.92 Å². The van der Waals surface area contributed by atoms with E-state index in [2.05, 4.69) is 10.6 Å². The number of carbonyl (C=O) groups is 3. The second-order valence-corrected chi connectivity index (χ2v) is 7.36. The number of amides is 3. The molecule has 0 unspecified atom stereocenters. The number of hydrogen-bond donors (Lipinski definition) is 2. The van der Waals surface area contributed by atoms with Gasteiger partial charge in [-0.3, -0.25) is 19.7 Å². The lowest BCUT2D eigenvalue weighted by Crippen LogP contribution is -2.23. The summed E-state index contributed by atoms with van der Waals surface area (Å²) in [6.07, 6.45) is 0.304. The summed E-state index contributed by atoms with van der Waals surface area (Å²) in [5, 5.41) is 4.75. The Morgan fingerprint density at radius 1 is 1.19 bits per heavy atom. The highest BCUT2D eigenvalue weighted by Crippen LogP contribution is 2.23. The minimum atomic E-state index is -3.13. The van der Waals surface area contributed by atoms with Crippen LogP contribution in [-0.2, 0) is 14.6 Å². The quantitative estimate of drug-likeness (QED) is 0.744. The van der Waals surface area contributed by atoms with E-state index >= 15 is 0 Å². The summed E-state index contributed by atoms with van der Waals surface area (Å²) in [4.78, 5) is 34.9.